The van der Waals surface area contributed by atoms with Crippen LogP contribution in [0.4, 0.5) is 17.6 Å². The van der Waals surface area contributed by atoms with Crippen molar-refractivity contribution in [1.82, 2.24) is 0 Å². The highest BCUT2D eigenvalue weighted by atomic mass is 19.1. The molecule has 2 rings (SSSR count). The van der Waals surface area contributed by atoms with E-state index in [2.05, 4.69) is 0 Å². The van der Waals surface area contributed by atoms with E-state index < -0.39 is 23.3 Å². The average Bonchev–Trinajstić information content (AvgIpc) is 2.51. The van der Waals surface area contributed by atoms with Crippen molar-refractivity contribution < 1.29 is 22.3 Å². The molecule has 0 bridgehead atoms. The minimum Gasteiger partial charge on any atom is -0.381 e. The van der Waals surface area contributed by atoms with Gasteiger partial charge in [-0.3, -0.25) is 0 Å². The van der Waals surface area contributed by atoms with E-state index in [-0.39, 0.29) is 0 Å². The molecule has 0 saturated carbocycles. The van der Waals surface area contributed by atoms with Gasteiger partial charge in [0.05, 0.1) is 0 Å². The fraction of sp³-hybridized carbons (Fsp3) is 0.400. The number of unbranched alkanes of at least 4 members (excludes halogenated alkanes) is 2. The zero-order chi connectivity index (χ0) is 18.1. The molecule has 2 aromatic carbocycles. The largest absolute Gasteiger partial charge is 0.381 e. The lowest BCUT2D eigenvalue weighted by molar-refractivity contribution is 0.127. The topological polar surface area (TPSA) is 9.23 Å². The Kier molecular flexibility index (Phi) is 7.92. The lowest BCUT2D eigenvalue weighted by atomic mass is 10.1. The second-order valence-corrected chi connectivity index (χ2v) is 6.08. The SMILES string of the molecule is Fc1cc(F)cc(CCCCOCCCCc2cc(F)cc(F)c2)c1. The van der Waals surface area contributed by atoms with E-state index in [9.17, 15) is 17.6 Å². The van der Waals surface area contributed by atoms with Crippen molar-refractivity contribution in [2.24, 2.45) is 0 Å². The monoisotopic (exact) mass is 354 g/mol. The van der Waals surface area contributed by atoms with Gasteiger partial charge >= 0.3 is 0 Å². The lowest BCUT2D eigenvalue weighted by Gasteiger charge is -2.06. The molecule has 0 aliphatic carbocycles. The fourth-order valence-corrected chi connectivity index (χ4v) is 2.68. The Balaban J connectivity index is 1.51. The van der Waals surface area contributed by atoms with E-state index in [0.29, 0.717) is 37.2 Å². The third kappa shape index (κ3) is 7.69. The van der Waals surface area contributed by atoms with Gasteiger partial charge in [0.15, 0.2) is 0 Å². The zero-order valence-electron chi connectivity index (χ0n) is 14.0. The van der Waals surface area contributed by atoms with Gasteiger partial charge in [-0.15, -0.1) is 0 Å². The van der Waals surface area contributed by atoms with Crippen LogP contribution in [-0.2, 0) is 17.6 Å². The van der Waals surface area contributed by atoms with Gasteiger partial charge < -0.3 is 4.74 Å². The lowest BCUT2D eigenvalue weighted by Crippen LogP contribution is -1.99. The summed E-state index contributed by atoms with van der Waals surface area (Å²) in [7, 11) is 0. The number of hydrogen-bond donors (Lipinski definition) is 0. The molecule has 0 N–H and O–H groups in total. The predicted octanol–water partition coefficient (Wildman–Crippen LogP) is 5.61. The van der Waals surface area contributed by atoms with Crippen LogP contribution in [-0.4, -0.2) is 13.2 Å². The molecular formula is C20H22F4O. The molecule has 0 atom stereocenters. The van der Waals surface area contributed by atoms with Crippen molar-refractivity contribution in [3.8, 4) is 0 Å². The second-order valence-electron chi connectivity index (χ2n) is 6.08. The molecule has 0 spiro atoms. The van der Waals surface area contributed by atoms with Gasteiger partial charge in [0.2, 0.25) is 0 Å². The maximum atomic E-state index is 13.0. The molecule has 0 fully saturated rings. The third-order valence-electron chi connectivity index (χ3n) is 3.85. The van der Waals surface area contributed by atoms with Crippen LogP contribution in [0.25, 0.3) is 0 Å². The number of rotatable bonds is 10. The van der Waals surface area contributed by atoms with Crippen molar-refractivity contribution in [3.63, 3.8) is 0 Å². The molecule has 0 radical (unpaired) electrons. The average molecular weight is 354 g/mol. The summed E-state index contributed by atoms with van der Waals surface area (Å²) >= 11 is 0. The third-order valence-corrected chi connectivity index (χ3v) is 3.85. The van der Waals surface area contributed by atoms with Gasteiger partial charge in [0.25, 0.3) is 0 Å². The number of ether oxygens (including phenoxy) is 1. The van der Waals surface area contributed by atoms with Gasteiger partial charge in [-0.2, -0.15) is 0 Å². The van der Waals surface area contributed by atoms with E-state index in [1.54, 1.807) is 0 Å². The van der Waals surface area contributed by atoms with Gasteiger partial charge in [-0.25, -0.2) is 17.6 Å². The molecule has 0 amide bonds. The first-order valence-electron chi connectivity index (χ1n) is 8.50. The first-order chi connectivity index (χ1) is 12.0. The van der Waals surface area contributed by atoms with Gasteiger partial charge in [-0.1, -0.05) is 0 Å². The van der Waals surface area contributed by atoms with Crippen LogP contribution in [0.5, 0.6) is 0 Å². The van der Waals surface area contributed by atoms with Crippen LogP contribution in [0.2, 0.25) is 0 Å². The highest BCUT2D eigenvalue weighted by Crippen LogP contribution is 2.12. The summed E-state index contributed by atoms with van der Waals surface area (Å²) in [4.78, 5) is 0. The summed E-state index contributed by atoms with van der Waals surface area (Å²) < 4.78 is 57.7. The quantitative estimate of drug-likeness (QED) is 0.398. The molecule has 0 aliphatic heterocycles. The normalized spacial score (nSPS) is 11.0. The molecule has 1 nitrogen and oxygen atoms in total. The van der Waals surface area contributed by atoms with Gasteiger partial charge in [0, 0.05) is 25.3 Å². The maximum absolute atomic E-state index is 13.0. The minimum absolute atomic E-state index is 0.551. The van der Waals surface area contributed by atoms with Crippen molar-refractivity contribution in [2.45, 2.75) is 38.5 Å². The number of benzene rings is 2. The number of hydrogen-bond acceptors (Lipinski definition) is 1. The summed E-state index contributed by atoms with van der Waals surface area (Å²) in [5, 5.41) is 0. The molecule has 2 aromatic rings. The van der Waals surface area contributed by atoms with Crippen LogP contribution in [0.15, 0.2) is 36.4 Å². The smallest absolute Gasteiger partial charge is 0.126 e. The van der Waals surface area contributed by atoms with E-state index >= 15 is 0 Å². The molecule has 0 heterocycles. The van der Waals surface area contributed by atoms with E-state index in [1.807, 2.05) is 0 Å². The Morgan fingerprint density at radius 3 is 1.24 bits per heavy atom. The minimum atomic E-state index is -0.551. The Morgan fingerprint density at radius 1 is 0.520 bits per heavy atom. The molecule has 0 aromatic heterocycles. The molecule has 0 saturated heterocycles. The van der Waals surface area contributed by atoms with Crippen LogP contribution in [0.3, 0.4) is 0 Å². The van der Waals surface area contributed by atoms with E-state index in [1.165, 1.54) is 24.3 Å². The predicted molar refractivity (Wildman–Crippen MR) is 89.4 cm³/mol. The van der Waals surface area contributed by atoms with Gasteiger partial charge in [-0.05, 0) is 73.9 Å². The van der Waals surface area contributed by atoms with E-state index in [4.69, 9.17) is 4.74 Å². The molecule has 25 heavy (non-hydrogen) atoms. The molecule has 0 aliphatic rings. The Bertz CT molecular complexity index is 575. The summed E-state index contributed by atoms with van der Waals surface area (Å²) in [6.07, 6.45) is 4.45. The fourth-order valence-electron chi connectivity index (χ4n) is 2.68. The maximum Gasteiger partial charge on any atom is 0.126 e. The molecule has 0 unspecified atom stereocenters. The molecule has 5 heteroatoms. The number of aryl methyl sites for hydroxylation is 2. The Labute approximate surface area is 145 Å². The van der Waals surface area contributed by atoms with Crippen molar-refractivity contribution >= 4 is 0 Å². The highest BCUT2D eigenvalue weighted by molar-refractivity contribution is 5.18. The summed E-state index contributed by atoms with van der Waals surface area (Å²) in [6.45, 7) is 1.18. The standard InChI is InChI=1S/C20H22F4O/c21-17-9-15(10-18(22)13-17)5-1-3-7-25-8-4-2-6-16-11-19(23)14-20(24)12-16/h9-14H,1-8H2. The van der Waals surface area contributed by atoms with Crippen LogP contribution in [0.1, 0.15) is 36.8 Å². The highest BCUT2D eigenvalue weighted by Gasteiger charge is 2.02. The van der Waals surface area contributed by atoms with Crippen LogP contribution in [0, 0.1) is 23.3 Å². The second kappa shape index (κ2) is 10.2. The van der Waals surface area contributed by atoms with E-state index in [0.717, 1.165) is 37.8 Å². The first kappa shape index (κ1) is 19.4. The van der Waals surface area contributed by atoms with Crippen molar-refractivity contribution in [3.05, 3.63) is 70.8 Å². The Hall–Kier alpha value is -1.88. The summed E-state index contributed by atoms with van der Waals surface area (Å²) in [6, 6.07) is 7.12. The number of halogens is 4. The first-order valence-corrected chi connectivity index (χ1v) is 8.50. The molecular weight excluding hydrogens is 332 g/mol. The van der Waals surface area contributed by atoms with Crippen LogP contribution < -0.4 is 0 Å². The van der Waals surface area contributed by atoms with Crippen LogP contribution >= 0.6 is 0 Å². The summed E-state index contributed by atoms with van der Waals surface area (Å²) in [5.74, 6) is -2.21. The summed E-state index contributed by atoms with van der Waals surface area (Å²) in [5.41, 5.74) is 1.31. The van der Waals surface area contributed by atoms with Crippen molar-refractivity contribution in [1.29, 1.82) is 0 Å². The van der Waals surface area contributed by atoms with Gasteiger partial charge in [0.1, 0.15) is 23.3 Å². The molecule has 136 valence electrons. The zero-order valence-corrected chi connectivity index (χ0v) is 14.0. The Morgan fingerprint density at radius 2 is 0.880 bits per heavy atom. The van der Waals surface area contributed by atoms with Crippen molar-refractivity contribution in [2.75, 3.05) is 13.2 Å².